The lowest BCUT2D eigenvalue weighted by molar-refractivity contribution is -0.116. The van der Waals surface area contributed by atoms with E-state index in [0.29, 0.717) is 22.8 Å². The Kier molecular flexibility index (Phi) is 5.63. The smallest absolute Gasteiger partial charge is 0.224 e. The molecule has 0 fully saturated rings. The molecule has 20 heavy (non-hydrogen) atoms. The Morgan fingerprint density at radius 1 is 1.50 bits per heavy atom. The summed E-state index contributed by atoms with van der Waals surface area (Å²) >= 11 is 9.09. The zero-order chi connectivity index (χ0) is 14.4. The van der Waals surface area contributed by atoms with E-state index in [9.17, 15) is 4.79 Å². The summed E-state index contributed by atoms with van der Waals surface area (Å²) in [6, 6.07) is 5.01. The molecule has 1 aromatic heterocycles. The number of nitrogen functional groups attached to an aromatic ring is 1. The summed E-state index contributed by atoms with van der Waals surface area (Å²) < 4.78 is 0.923. The molecule has 5 nitrogen and oxygen atoms in total. The standard InChI is InChI=1S/C12H13ClN4OS2/c13-9-6-8(14)3-4-10(9)16-11(18)2-1-5-19-12-17-15-7-20-12/h3-4,6-7H,1-2,5,14H2,(H,16,18). The first kappa shape index (κ1) is 15.1. The summed E-state index contributed by atoms with van der Waals surface area (Å²) in [5.41, 5.74) is 8.44. The molecule has 0 spiro atoms. The lowest BCUT2D eigenvalue weighted by atomic mass is 10.2. The number of hydrogen-bond donors (Lipinski definition) is 2. The predicted octanol–water partition coefficient (Wildman–Crippen LogP) is 3.28. The average molecular weight is 329 g/mol. The van der Waals surface area contributed by atoms with Gasteiger partial charge in [0.2, 0.25) is 5.91 Å². The van der Waals surface area contributed by atoms with Crippen LogP contribution in [0.2, 0.25) is 5.02 Å². The second-order valence-corrected chi connectivity index (χ2v) is 6.53. The first-order valence-corrected chi connectivity index (χ1v) is 8.13. The van der Waals surface area contributed by atoms with E-state index in [-0.39, 0.29) is 5.91 Å². The number of rotatable bonds is 6. The van der Waals surface area contributed by atoms with E-state index in [1.54, 1.807) is 35.5 Å². The minimum absolute atomic E-state index is 0.0606. The van der Waals surface area contributed by atoms with Gasteiger partial charge < -0.3 is 11.1 Å². The van der Waals surface area contributed by atoms with Crippen molar-refractivity contribution in [2.45, 2.75) is 17.2 Å². The van der Waals surface area contributed by atoms with Crippen LogP contribution in [0.3, 0.4) is 0 Å². The van der Waals surface area contributed by atoms with Crippen molar-refractivity contribution in [2.24, 2.45) is 0 Å². The molecule has 106 valence electrons. The summed E-state index contributed by atoms with van der Waals surface area (Å²) in [4.78, 5) is 11.8. The number of carbonyl (C=O) groups excluding carboxylic acids is 1. The van der Waals surface area contributed by atoms with Crippen LogP contribution >= 0.6 is 34.7 Å². The maximum absolute atomic E-state index is 11.8. The second-order valence-electron chi connectivity index (χ2n) is 3.94. The van der Waals surface area contributed by atoms with Gasteiger partial charge in [-0.05, 0) is 24.6 Å². The van der Waals surface area contributed by atoms with E-state index in [1.807, 2.05) is 0 Å². The number of aromatic nitrogens is 2. The number of nitrogens with two attached hydrogens (primary N) is 1. The maximum atomic E-state index is 11.8. The van der Waals surface area contributed by atoms with Crippen LogP contribution in [0.5, 0.6) is 0 Å². The van der Waals surface area contributed by atoms with E-state index < -0.39 is 0 Å². The van der Waals surface area contributed by atoms with Crippen molar-refractivity contribution in [3.05, 3.63) is 28.7 Å². The summed E-state index contributed by atoms with van der Waals surface area (Å²) in [5.74, 6) is 0.771. The van der Waals surface area contributed by atoms with Gasteiger partial charge in [-0.25, -0.2) is 0 Å². The number of benzene rings is 1. The number of nitrogens with one attached hydrogen (secondary N) is 1. The minimum Gasteiger partial charge on any atom is -0.399 e. The molecule has 3 N–H and O–H groups in total. The molecule has 1 aromatic carbocycles. The Balaban J connectivity index is 1.72. The van der Waals surface area contributed by atoms with E-state index >= 15 is 0 Å². The normalized spacial score (nSPS) is 10.4. The van der Waals surface area contributed by atoms with Gasteiger partial charge in [-0.2, -0.15) is 0 Å². The van der Waals surface area contributed by atoms with E-state index in [4.69, 9.17) is 17.3 Å². The highest BCUT2D eigenvalue weighted by Crippen LogP contribution is 2.24. The van der Waals surface area contributed by atoms with Gasteiger partial charge in [0.1, 0.15) is 5.51 Å². The average Bonchev–Trinajstić information content (AvgIpc) is 2.91. The highest BCUT2D eigenvalue weighted by atomic mass is 35.5. The number of anilines is 2. The van der Waals surface area contributed by atoms with Crippen LogP contribution in [0.1, 0.15) is 12.8 Å². The quantitative estimate of drug-likeness (QED) is 0.483. The Labute approximate surface area is 129 Å². The molecule has 0 aliphatic heterocycles. The Morgan fingerprint density at radius 3 is 3.05 bits per heavy atom. The van der Waals surface area contributed by atoms with Gasteiger partial charge in [-0.3, -0.25) is 4.79 Å². The molecule has 2 aromatic rings. The first-order valence-electron chi connectivity index (χ1n) is 5.89. The number of thioether (sulfide) groups is 1. The number of nitrogens with zero attached hydrogens (tertiary/aromatic N) is 2. The second kappa shape index (κ2) is 7.47. The monoisotopic (exact) mass is 328 g/mol. The zero-order valence-electron chi connectivity index (χ0n) is 10.5. The van der Waals surface area contributed by atoms with Gasteiger partial charge in [0.25, 0.3) is 0 Å². The van der Waals surface area contributed by atoms with Crippen molar-refractivity contribution >= 4 is 52.0 Å². The van der Waals surface area contributed by atoms with Gasteiger partial charge in [-0.1, -0.05) is 34.7 Å². The zero-order valence-corrected chi connectivity index (χ0v) is 12.9. The number of carbonyl (C=O) groups is 1. The highest BCUT2D eigenvalue weighted by molar-refractivity contribution is 8.00. The van der Waals surface area contributed by atoms with E-state index in [0.717, 1.165) is 16.5 Å². The molecule has 2 rings (SSSR count). The van der Waals surface area contributed by atoms with Crippen molar-refractivity contribution in [1.82, 2.24) is 10.2 Å². The topological polar surface area (TPSA) is 80.9 Å². The molecule has 0 bridgehead atoms. The molecule has 0 saturated carbocycles. The number of halogens is 1. The van der Waals surface area contributed by atoms with Crippen molar-refractivity contribution in [3.8, 4) is 0 Å². The fourth-order valence-electron chi connectivity index (χ4n) is 1.46. The van der Waals surface area contributed by atoms with Crippen LogP contribution in [0.25, 0.3) is 0 Å². The summed E-state index contributed by atoms with van der Waals surface area (Å²) in [5, 5.41) is 10.9. The molecular formula is C12H13ClN4OS2. The molecule has 0 aliphatic rings. The van der Waals surface area contributed by atoms with E-state index in [2.05, 4.69) is 15.5 Å². The van der Waals surface area contributed by atoms with Crippen LogP contribution in [0.4, 0.5) is 11.4 Å². The summed E-state index contributed by atoms with van der Waals surface area (Å²) in [7, 11) is 0. The molecule has 0 radical (unpaired) electrons. The largest absolute Gasteiger partial charge is 0.399 e. The number of amides is 1. The fourth-order valence-corrected chi connectivity index (χ4v) is 3.20. The van der Waals surface area contributed by atoms with Gasteiger partial charge in [0.05, 0.1) is 10.7 Å². The third kappa shape index (κ3) is 4.66. The van der Waals surface area contributed by atoms with Crippen LogP contribution in [-0.4, -0.2) is 21.9 Å². The molecule has 8 heteroatoms. The molecular weight excluding hydrogens is 316 g/mol. The summed E-state index contributed by atoms with van der Waals surface area (Å²) in [6.45, 7) is 0. The lowest BCUT2D eigenvalue weighted by Crippen LogP contribution is -2.11. The lowest BCUT2D eigenvalue weighted by Gasteiger charge is -2.07. The van der Waals surface area contributed by atoms with Gasteiger partial charge in [0.15, 0.2) is 4.34 Å². The molecule has 0 saturated heterocycles. The number of hydrogen-bond acceptors (Lipinski definition) is 6. The van der Waals surface area contributed by atoms with E-state index in [1.165, 1.54) is 11.3 Å². The van der Waals surface area contributed by atoms with Crippen molar-refractivity contribution in [2.75, 3.05) is 16.8 Å². The highest BCUT2D eigenvalue weighted by Gasteiger charge is 2.06. The van der Waals surface area contributed by atoms with Crippen molar-refractivity contribution < 1.29 is 4.79 Å². The Bertz CT molecular complexity index is 577. The van der Waals surface area contributed by atoms with Crippen LogP contribution in [-0.2, 0) is 4.79 Å². The van der Waals surface area contributed by atoms with Crippen LogP contribution in [0, 0.1) is 0 Å². The molecule has 0 atom stereocenters. The third-order valence-corrected chi connectivity index (χ3v) is 4.64. The van der Waals surface area contributed by atoms with Gasteiger partial charge in [-0.15, -0.1) is 10.2 Å². The Morgan fingerprint density at radius 2 is 2.35 bits per heavy atom. The third-order valence-electron chi connectivity index (χ3n) is 2.38. The molecule has 1 amide bonds. The Hall–Kier alpha value is -1.31. The molecule has 0 unspecified atom stereocenters. The maximum Gasteiger partial charge on any atom is 0.224 e. The minimum atomic E-state index is -0.0606. The SMILES string of the molecule is Nc1ccc(NC(=O)CCCSc2nncs2)c(Cl)c1. The van der Waals surface area contributed by atoms with Crippen molar-refractivity contribution in [1.29, 1.82) is 0 Å². The molecule has 1 heterocycles. The van der Waals surface area contributed by atoms with Crippen molar-refractivity contribution in [3.63, 3.8) is 0 Å². The van der Waals surface area contributed by atoms with Crippen LogP contribution < -0.4 is 11.1 Å². The van der Waals surface area contributed by atoms with Gasteiger partial charge in [0, 0.05) is 17.9 Å². The fraction of sp³-hybridized carbons (Fsp3) is 0.250. The summed E-state index contributed by atoms with van der Waals surface area (Å²) in [6.07, 6.45) is 1.20. The van der Waals surface area contributed by atoms with Crippen LogP contribution in [0.15, 0.2) is 28.0 Å². The predicted molar refractivity (Wildman–Crippen MR) is 84.4 cm³/mol. The van der Waals surface area contributed by atoms with Gasteiger partial charge >= 0.3 is 0 Å². The first-order chi connectivity index (χ1) is 9.65. The molecule has 0 aliphatic carbocycles.